The Kier molecular flexibility index (Phi) is 3.92. The molecule has 0 radical (unpaired) electrons. The summed E-state index contributed by atoms with van der Waals surface area (Å²) in [6.07, 6.45) is 4.32. The molecule has 5 heteroatoms. The van der Waals surface area contributed by atoms with Crippen LogP contribution < -0.4 is 5.32 Å². The molecule has 21 heavy (non-hydrogen) atoms. The maximum absolute atomic E-state index is 12.3. The van der Waals surface area contributed by atoms with Gasteiger partial charge in [-0.1, -0.05) is 0 Å². The van der Waals surface area contributed by atoms with Crippen molar-refractivity contribution in [2.24, 2.45) is 7.05 Å². The second-order valence-corrected chi connectivity index (χ2v) is 5.94. The highest BCUT2D eigenvalue weighted by atomic mass is 16.1. The van der Waals surface area contributed by atoms with Gasteiger partial charge in [0.1, 0.15) is 0 Å². The monoisotopic (exact) mass is 286 g/mol. The van der Waals surface area contributed by atoms with Gasteiger partial charge in [-0.2, -0.15) is 0 Å². The van der Waals surface area contributed by atoms with Crippen LogP contribution in [0.1, 0.15) is 30.1 Å². The van der Waals surface area contributed by atoms with Gasteiger partial charge in [0.25, 0.3) is 5.91 Å². The average molecular weight is 286 g/mol. The Labute approximate surface area is 125 Å². The second-order valence-electron chi connectivity index (χ2n) is 5.94. The number of fused-ring (bicyclic) bond motifs is 1. The average Bonchev–Trinajstić information content (AvgIpc) is 3.09. The van der Waals surface area contributed by atoms with Crippen molar-refractivity contribution in [3.63, 3.8) is 0 Å². The molecule has 0 bridgehead atoms. The summed E-state index contributed by atoms with van der Waals surface area (Å²) in [4.78, 5) is 19.0. The van der Waals surface area contributed by atoms with Crippen molar-refractivity contribution in [2.45, 2.75) is 25.8 Å². The zero-order valence-corrected chi connectivity index (χ0v) is 12.7. The molecule has 0 saturated carbocycles. The Balaban J connectivity index is 1.65. The van der Waals surface area contributed by atoms with Crippen LogP contribution in [0.5, 0.6) is 0 Å². The number of nitrogens with one attached hydrogen (secondary N) is 1. The van der Waals surface area contributed by atoms with E-state index in [-0.39, 0.29) is 11.9 Å². The Morgan fingerprint density at radius 3 is 2.90 bits per heavy atom. The van der Waals surface area contributed by atoms with Crippen LogP contribution >= 0.6 is 0 Å². The number of aryl methyl sites for hydroxylation is 1. The highest BCUT2D eigenvalue weighted by Gasteiger charge is 2.17. The SMILES string of the molecule is C[C@H](CN1CCCC1)NC(=O)c1ccc2c(c1)ncn2C. The molecular formula is C16H22N4O. The lowest BCUT2D eigenvalue weighted by molar-refractivity contribution is 0.0932. The zero-order chi connectivity index (χ0) is 14.8. The predicted octanol–water partition coefficient (Wildman–Crippen LogP) is 1.79. The molecule has 1 aliphatic heterocycles. The Morgan fingerprint density at radius 2 is 2.14 bits per heavy atom. The molecule has 2 heterocycles. The van der Waals surface area contributed by atoms with Gasteiger partial charge in [-0.05, 0) is 51.1 Å². The molecule has 1 aromatic heterocycles. The summed E-state index contributed by atoms with van der Waals surface area (Å²) >= 11 is 0. The van der Waals surface area contributed by atoms with Crippen LogP contribution in [0.15, 0.2) is 24.5 Å². The van der Waals surface area contributed by atoms with Crippen LogP contribution in [-0.2, 0) is 7.05 Å². The van der Waals surface area contributed by atoms with Gasteiger partial charge in [0.2, 0.25) is 0 Å². The van der Waals surface area contributed by atoms with Gasteiger partial charge < -0.3 is 14.8 Å². The van der Waals surface area contributed by atoms with E-state index in [1.807, 2.05) is 29.8 Å². The van der Waals surface area contributed by atoms with E-state index in [0.29, 0.717) is 5.56 Å². The minimum absolute atomic E-state index is 0.0192. The molecule has 0 unspecified atom stereocenters. The minimum atomic E-state index is -0.0192. The molecule has 3 rings (SSSR count). The number of imidazole rings is 1. The molecule has 1 aromatic carbocycles. The number of carbonyl (C=O) groups is 1. The molecule has 0 spiro atoms. The zero-order valence-electron chi connectivity index (χ0n) is 12.7. The number of carbonyl (C=O) groups excluding carboxylic acids is 1. The number of hydrogen-bond acceptors (Lipinski definition) is 3. The van der Waals surface area contributed by atoms with Crippen LogP contribution in [-0.4, -0.2) is 46.0 Å². The van der Waals surface area contributed by atoms with Gasteiger partial charge >= 0.3 is 0 Å². The molecular weight excluding hydrogens is 264 g/mol. The number of amides is 1. The topological polar surface area (TPSA) is 50.2 Å². The molecule has 1 amide bonds. The van der Waals surface area contributed by atoms with Gasteiger partial charge in [0, 0.05) is 25.2 Å². The van der Waals surface area contributed by atoms with Gasteiger partial charge in [-0.25, -0.2) is 4.98 Å². The summed E-state index contributed by atoms with van der Waals surface area (Å²) in [5, 5.41) is 3.08. The number of aromatic nitrogens is 2. The van der Waals surface area contributed by atoms with Crippen LogP contribution in [0, 0.1) is 0 Å². The fourth-order valence-electron chi connectivity index (χ4n) is 2.98. The van der Waals surface area contributed by atoms with E-state index in [9.17, 15) is 4.79 Å². The van der Waals surface area contributed by atoms with Crippen molar-refractivity contribution in [3.05, 3.63) is 30.1 Å². The van der Waals surface area contributed by atoms with Crippen molar-refractivity contribution in [3.8, 4) is 0 Å². The van der Waals surface area contributed by atoms with Crippen LogP contribution in [0.3, 0.4) is 0 Å². The third kappa shape index (κ3) is 3.08. The van der Waals surface area contributed by atoms with Gasteiger partial charge in [-0.3, -0.25) is 4.79 Å². The van der Waals surface area contributed by atoms with Crippen molar-refractivity contribution in [1.29, 1.82) is 0 Å². The summed E-state index contributed by atoms with van der Waals surface area (Å²) in [5.74, 6) is -0.0192. The Hall–Kier alpha value is -1.88. The molecule has 1 saturated heterocycles. The molecule has 1 fully saturated rings. The lowest BCUT2D eigenvalue weighted by atomic mass is 10.1. The van der Waals surface area contributed by atoms with Crippen molar-refractivity contribution < 1.29 is 4.79 Å². The first-order chi connectivity index (χ1) is 10.1. The first-order valence-corrected chi connectivity index (χ1v) is 7.58. The molecule has 1 N–H and O–H groups in total. The third-order valence-corrected chi connectivity index (χ3v) is 4.10. The van der Waals surface area contributed by atoms with Crippen LogP contribution in [0.4, 0.5) is 0 Å². The van der Waals surface area contributed by atoms with Crippen molar-refractivity contribution in [2.75, 3.05) is 19.6 Å². The number of rotatable bonds is 4. The number of nitrogens with zero attached hydrogens (tertiary/aromatic N) is 3. The third-order valence-electron chi connectivity index (χ3n) is 4.10. The smallest absolute Gasteiger partial charge is 0.251 e. The first kappa shape index (κ1) is 14.1. The van der Waals surface area contributed by atoms with E-state index in [0.717, 1.165) is 30.7 Å². The van der Waals surface area contributed by atoms with E-state index in [2.05, 4.69) is 22.1 Å². The van der Waals surface area contributed by atoms with Crippen LogP contribution in [0.25, 0.3) is 11.0 Å². The Bertz CT molecular complexity index is 643. The van der Waals surface area contributed by atoms with E-state index >= 15 is 0 Å². The molecule has 2 aromatic rings. The first-order valence-electron chi connectivity index (χ1n) is 7.58. The normalized spacial score (nSPS) is 17.2. The maximum Gasteiger partial charge on any atom is 0.251 e. The van der Waals surface area contributed by atoms with Crippen LogP contribution in [0.2, 0.25) is 0 Å². The fraction of sp³-hybridized carbons (Fsp3) is 0.500. The van der Waals surface area contributed by atoms with E-state index < -0.39 is 0 Å². The fourth-order valence-corrected chi connectivity index (χ4v) is 2.98. The maximum atomic E-state index is 12.3. The highest BCUT2D eigenvalue weighted by Crippen LogP contribution is 2.14. The van der Waals surface area contributed by atoms with Crippen molar-refractivity contribution in [1.82, 2.24) is 19.8 Å². The standard InChI is InChI=1S/C16H22N4O/c1-12(10-20-7-3-4-8-20)18-16(21)13-5-6-15-14(9-13)17-11-19(15)2/h5-6,9,11-12H,3-4,7-8,10H2,1-2H3,(H,18,21)/t12-/m1/s1. The molecule has 112 valence electrons. The summed E-state index contributed by atoms with van der Waals surface area (Å²) in [7, 11) is 1.95. The van der Waals surface area contributed by atoms with E-state index in [1.54, 1.807) is 6.33 Å². The lowest BCUT2D eigenvalue weighted by Gasteiger charge is -2.21. The molecule has 1 aliphatic rings. The molecule has 0 aliphatic carbocycles. The second kappa shape index (κ2) is 5.85. The largest absolute Gasteiger partial charge is 0.348 e. The number of benzene rings is 1. The summed E-state index contributed by atoms with van der Waals surface area (Å²) < 4.78 is 1.95. The quantitative estimate of drug-likeness (QED) is 0.932. The lowest BCUT2D eigenvalue weighted by Crippen LogP contribution is -2.41. The number of hydrogen-bond donors (Lipinski definition) is 1. The van der Waals surface area contributed by atoms with Gasteiger partial charge in [0.05, 0.1) is 17.4 Å². The minimum Gasteiger partial charge on any atom is -0.348 e. The highest BCUT2D eigenvalue weighted by molar-refractivity contribution is 5.97. The summed E-state index contributed by atoms with van der Waals surface area (Å²) in [6, 6.07) is 5.83. The molecule has 5 nitrogen and oxygen atoms in total. The number of likely N-dealkylation sites (tertiary alicyclic amines) is 1. The summed E-state index contributed by atoms with van der Waals surface area (Å²) in [6.45, 7) is 5.30. The Morgan fingerprint density at radius 1 is 1.38 bits per heavy atom. The van der Waals surface area contributed by atoms with Gasteiger partial charge in [-0.15, -0.1) is 0 Å². The van der Waals surface area contributed by atoms with E-state index in [4.69, 9.17) is 0 Å². The van der Waals surface area contributed by atoms with Gasteiger partial charge in [0.15, 0.2) is 0 Å². The van der Waals surface area contributed by atoms with E-state index in [1.165, 1.54) is 12.8 Å². The molecule has 1 atom stereocenters. The van der Waals surface area contributed by atoms with Crippen molar-refractivity contribution >= 4 is 16.9 Å². The summed E-state index contributed by atoms with van der Waals surface area (Å²) in [5.41, 5.74) is 2.57. The predicted molar refractivity (Wildman–Crippen MR) is 83.3 cm³/mol.